The van der Waals surface area contributed by atoms with E-state index in [1.165, 1.54) is 25.7 Å². The molecule has 1 aliphatic rings. The van der Waals surface area contributed by atoms with Crippen LogP contribution in [0.25, 0.3) is 17.1 Å². The highest BCUT2D eigenvalue weighted by Gasteiger charge is 2.19. The number of methoxy groups -OCH3 is 1. The van der Waals surface area contributed by atoms with Gasteiger partial charge in [0.2, 0.25) is 0 Å². The average Bonchev–Trinajstić information content (AvgIpc) is 3.37. The smallest absolute Gasteiger partial charge is 0.336 e. The summed E-state index contributed by atoms with van der Waals surface area (Å²) >= 11 is 0. The summed E-state index contributed by atoms with van der Waals surface area (Å²) < 4.78 is 12.9. The number of hydrogen-bond donors (Lipinski definition) is 1. The molecule has 1 saturated carbocycles. The van der Waals surface area contributed by atoms with Crippen LogP contribution in [0.2, 0.25) is 0 Å². The van der Waals surface area contributed by atoms with Crippen LogP contribution < -0.4 is 9.47 Å². The SMILES string of the molecule is COc1ccc(-n2nc(OCC3CCCC3)nc2-c2ccc(O)cc2)cc1. The van der Waals surface area contributed by atoms with E-state index in [9.17, 15) is 5.11 Å². The summed E-state index contributed by atoms with van der Waals surface area (Å²) in [7, 11) is 1.64. The predicted octanol–water partition coefficient (Wildman–Crippen LogP) is 4.22. The highest BCUT2D eigenvalue weighted by molar-refractivity contribution is 5.59. The molecule has 6 heteroatoms. The van der Waals surface area contributed by atoms with Crippen LogP contribution in [0.1, 0.15) is 25.7 Å². The fourth-order valence-corrected chi connectivity index (χ4v) is 3.42. The quantitative estimate of drug-likeness (QED) is 0.708. The molecule has 1 N–H and O–H groups in total. The Morgan fingerprint density at radius 3 is 2.41 bits per heavy atom. The van der Waals surface area contributed by atoms with E-state index in [-0.39, 0.29) is 5.75 Å². The van der Waals surface area contributed by atoms with Gasteiger partial charge in [0.25, 0.3) is 0 Å². The second-order valence-electron chi connectivity index (χ2n) is 6.84. The van der Waals surface area contributed by atoms with Crippen molar-refractivity contribution in [1.29, 1.82) is 0 Å². The monoisotopic (exact) mass is 365 g/mol. The van der Waals surface area contributed by atoms with E-state index in [1.54, 1.807) is 23.9 Å². The molecular formula is C21H23N3O3. The topological polar surface area (TPSA) is 69.4 Å². The van der Waals surface area contributed by atoms with Gasteiger partial charge in [-0.3, -0.25) is 0 Å². The largest absolute Gasteiger partial charge is 0.508 e. The Balaban J connectivity index is 1.66. The molecule has 4 rings (SSSR count). The number of benzene rings is 2. The van der Waals surface area contributed by atoms with Gasteiger partial charge in [-0.1, -0.05) is 12.8 Å². The number of rotatable bonds is 6. The number of aromatic hydroxyl groups is 1. The van der Waals surface area contributed by atoms with E-state index >= 15 is 0 Å². The van der Waals surface area contributed by atoms with Gasteiger partial charge >= 0.3 is 6.01 Å². The Labute approximate surface area is 158 Å². The maximum atomic E-state index is 9.58. The summed E-state index contributed by atoms with van der Waals surface area (Å²) in [4.78, 5) is 4.61. The van der Waals surface area contributed by atoms with Crippen molar-refractivity contribution in [2.75, 3.05) is 13.7 Å². The van der Waals surface area contributed by atoms with Crippen LogP contribution in [0.5, 0.6) is 17.5 Å². The number of nitrogens with zero attached hydrogens (tertiary/aromatic N) is 3. The first-order chi connectivity index (χ1) is 13.2. The maximum absolute atomic E-state index is 9.58. The number of phenols is 1. The fourth-order valence-electron chi connectivity index (χ4n) is 3.42. The summed E-state index contributed by atoms with van der Waals surface area (Å²) in [6.07, 6.45) is 4.98. The van der Waals surface area contributed by atoms with Gasteiger partial charge in [-0.15, -0.1) is 5.10 Å². The molecule has 0 bridgehead atoms. The molecule has 6 nitrogen and oxygen atoms in total. The lowest BCUT2D eigenvalue weighted by Gasteiger charge is -2.07. The first-order valence-corrected chi connectivity index (χ1v) is 9.26. The second kappa shape index (κ2) is 7.70. The van der Waals surface area contributed by atoms with Gasteiger partial charge in [0.15, 0.2) is 5.82 Å². The van der Waals surface area contributed by atoms with Crippen molar-refractivity contribution in [1.82, 2.24) is 14.8 Å². The van der Waals surface area contributed by atoms with Gasteiger partial charge in [-0.25, -0.2) is 4.68 Å². The molecule has 0 atom stereocenters. The molecule has 0 unspecified atom stereocenters. The normalized spacial score (nSPS) is 14.4. The third-order valence-corrected chi connectivity index (χ3v) is 4.95. The van der Waals surface area contributed by atoms with E-state index < -0.39 is 0 Å². The molecule has 1 heterocycles. The first-order valence-electron chi connectivity index (χ1n) is 9.26. The average molecular weight is 365 g/mol. The molecule has 0 saturated heterocycles. The van der Waals surface area contributed by atoms with Gasteiger partial charge in [0.05, 0.1) is 19.4 Å². The number of ether oxygens (including phenoxy) is 2. The molecule has 1 aliphatic carbocycles. The van der Waals surface area contributed by atoms with Gasteiger partial charge < -0.3 is 14.6 Å². The van der Waals surface area contributed by atoms with Crippen molar-refractivity contribution in [2.45, 2.75) is 25.7 Å². The molecule has 1 fully saturated rings. The Hall–Kier alpha value is -3.02. The number of phenolic OH excluding ortho intramolecular Hbond substituents is 1. The maximum Gasteiger partial charge on any atom is 0.336 e. The summed E-state index contributed by atoms with van der Waals surface area (Å²) in [5.74, 6) is 2.26. The third kappa shape index (κ3) is 3.89. The molecule has 0 aliphatic heterocycles. The van der Waals surface area contributed by atoms with E-state index in [0.717, 1.165) is 17.0 Å². The number of aromatic nitrogens is 3. The Morgan fingerprint density at radius 1 is 1.04 bits per heavy atom. The summed E-state index contributed by atoms with van der Waals surface area (Å²) in [6, 6.07) is 14.9. The van der Waals surface area contributed by atoms with Crippen molar-refractivity contribution in [3.8, 4) is 34.6 Å². The zero-order valence-electron chi connectivity index (χ0n) is 15.3. The third-order valence-electron chi connectivity index (χ3n) is 4.95. The minimum Gasteiger partial charge on any atom is -0.508 e. The molecule has 3 aromatic rings. The van der Waals surface area contributed by atoms with Crippen molar-refractivity contribution < 1.29 is 14.6 Å². The van der Waals surface area contributed by atoms with Gasteiger partial charge in [0, 0.05) is 5.56 Å². The highest BCUT2D eigenvalue weighted by Crippen LogP contribution is 2.28. The van der Waals surface area contributed by atoms with Crippen LogP contribution in [-0.2, 0) is 0 Å². The van der Waals surface area contributed by atoms with Crippen LogP contribution in [0.4, 0.5) is 0 Å². The van der Waals surface area contributed by atoms with Crippen LogP contribution >= 0.6 is 0 Å². The molecule has 2 aromatic carbocycles. The minimum absolute atomic E-state index is 0.215. The lowest BCUT2D eigenvalue weighted by molar-refractivity contribution is 0.234. The zero-order valence-corrected chi connectivity index (χ0v) is 15.3. The van der Waals surface area contributed by atoms with Gasteiger partial charge in [-0.2, -0.15) is 4.98 Å². The molecule has 140 valence electrons. The molecule has 1 aromatic heterocycles. The van der Waals surface area contributed by atoms with E-state index in [4.69, 9.17) is 9.47 Å². The van der Waals surface area contributed by atoms with E-state index in [0.29, 0.717) is 24.4 Å². The predicted molar refractivity (Wildman–Crippen MR) is 102 cm³/mol. The van der Waals surface area contributed by atoms with Crippen LogP contribution in [0, 0.1) is 5.92 Å². The highest BCUT2D eigenvalue weighted by atomic mass is 16.5. The van der Waals surface area contributed by atoms with Crippen LogP contribution in [-0.4, -0.2) is 33.6 Å². The second-order valence-corrected chi connectivity index (χ2v) is 6.84. The van der Waals surface area contributed by atoms with Crippen molar-refractivity contribution in [3.63, 3.8) is 0 Å². The van der Waals surface area contributed by atoms with Crippen LogP contribution in [0.3, 0.4) is 0 Å². The Kier molecular flexibility index (Phi) is 4.96. The molecule has 0 amide bonds. The van der Waals surface area contributed by atoms with Crippen molar-refractivity contribution in [2.24, 2.45) is 5.92 Å². The zero-order chi connectivity index (χ0) is 18.6. The number of hydrogen-bond acceptors (Lipinski definition) is 5. The lowest BCUT2D eigenvalue weighted by atomic mass is 10.1. The molecule has 27 heavy (non-hydrogen) atoms. The summed E-state index contributed by atoms with van der Waals surface area (Å²) in [6.45, 7) is 0.654. The minimum atomic E-state index is 0.215. The standard InChI is InChI=1S/C21H23N3O3/c1-26-19-12-8-17(9-13-19)24-20(16-6-10-18(25)11-7-16)22-21(23-24)27-14-15-4-2-3-5-15/h6-13,15,25H,2-5,14H2,1H3. The Morgan fingerprint density at radius 2 is 1.74 bits per heavy atom. The first kappa shape index (κ1) is 17.4. The fraction of sp³-hybridized carbons (Fsp3) is 0.333. The molecular weight excluding hydrogens is 342 g/mol. The molecule has 0 radical (unpaired) electrons. The van der Waals surface area contributed by atoms with Gasteiger partial charge in [0.1, 0.15) is 11.5 Å². The summed E-state index contributed by atoms with van der Waals surface area (Å²) in [5.41, 5.74) is 1.72. The summed E-state index contributed by atoms with van der Waals surface area (Å²) in [5, 5.41) is 14.2. The molecule has 0 spiro atoms. The Bertz CT molecular complexity index is 882. The van der Waals surface area contributed by atoms with Crippen LogP contribution in [0.15, 0.2) is 48.5 Å². The van der Waals surface area contributed by atoms with Crippen molar-refractivity contribution >= 4 is 0 Å². The van der Waals surface area contributed by atoms with Crippen molar-refractivity contribution in [3.05, 3.63) is 48.5 Å². The lowest BCUT2D eigenvalue weighted by Crippen LogP contribution is -2.09. The van der Waals surface area contributed by atoms with Gasteiger partial charge in [-0.05, 0) is 67.3 Å². The van der Waals surface area contributed by atoms with E-state index in [2.05, 4.69) is 10.1 Å². The van der Waals surface area contributed by atoms with E-state index in [1.807, 2.05) is 36.4 Å².